The zero-order valence-electron chi connectivity index (χ0n) is 63.9. The van der Waals surface area contributed by atoms with Crippen molar-refractivity contribution in [1.82, 2.24) is 73.8 Å². The molecule has 9 aromatic heterocycles. The molecule has 15 heterocycles. The fraction of sp³-hybridized carbons (Fsp3) is 0.321. The van der Waals surface area contributed by atoms with E-state index < -0.39 is 31.4 Å². The van der Waals surface area contributed by atoms with Crippen molar-refractivity contribution < 1.29 is 63.7 Å². The fourth-order valence-electron chi connectivity index (χ4n) is 16.1. The van der Waals surface area contributed by atoms with E-state index in [-0.39, 0.29) is 41.3 Å². The van der Waals surface area contributed by atoms with Crippen LogP contribution in [0, 0.1) is 5.82 Å². The van der Waals surface area contributed by atoms with Crippen LogP contribution in [0.5, 0.6) is 0 Å². The molecule has 3 atom stereocenters. The van der Waals surface area contributed by atoms with Crippen LogP contribution in [0.1, 0.15) is 143 Å². The molecule has 116 heavy (non-hydrogen) atoms. The van der Waals surface area contributed by atoms with Gasteiger partial charge in [-0.1, -0.05) is 36.4 Å². The smallest absolute Gasteiger partial charge is 0.381 e. The Bertz CT molecular complexity index is 5520. The summed E-state index contributed by atoms with van der Waals surface area (Å²) in [6.45, 7) is 5.39. The van der Waals surface area contributed by atoms with Gasteiger partial charge < -0.3 is 55.9 Å². The van der Waals surface area contributed by atoms with Gasteiger partial charge in [0, 0.05) is 129 Å². The Kier molecular flexibility index (Phi) is 22.1. The summed E-state index contributed by atoms with van der Waals surface area (Å²) >= 11 is 0. The van der Waals surface area contributed by atoms with Gasteiger partial charge in [-0.05, 0) is 155 Å². The van der Waals surface area contributed by atoms with Gasteiger partial charge in [0.15, 0.2) is 0 Å². The van der Waals surface area contributed by atoms with E-state index >= 15 is 0 Å². The summed E-state index contributed by atoms with van der Waals surface area (Å²) in [5.41, 5.74) is 17.3. The highest BCUT2D eigenvalue weighted by Gasteiger charge is 2.35. The van der Waals surface area contributed by atoms with Crippen LogP contribution in [-0.2, 0) is 53.5 Å². The van der Waals surface area contributed by atoms with Gasteiger partial charge in [-0.2, -0.15) is 13.2 Å². The molecule has 12 aromatic rings. The molecule has 0 unspecified atom stereocenters. The number of rotatable bonds is 21. The van der Waals surface area contributed by atoms with Gasteiger partial charge in [-0.3, -0.25) is 32.5 Å². The van der Waals surface area contributed by atoms with Crippen molar-refractivity contribution in [3.8, 4) is 33.8 Å². The lowest BCUT2D eigenvalue weighted by Crippen LogP contribution is -2.31. The maximum absolute atomic E-state index is 13.7. The molecule has 0 saturated carbocycles. The van der Waals surface area contributed by atoms with Crippen LogP contribution in [0.2, 0.25) is 0 Å². The number of hydrogen-bond acceptors (Lipinski definition) is 18. The van der Waals surface area contributed by atoms with E-state index in [0.29, 0.717) is 151 Å². The lowest BCUT2D eigenvalue weighted by atomic mass is 9.96. The first kappa shape index (κ1) is 78.1. The van der Waals surface area contributed by atoms with Crippen LogP contribution >= 0.6 is 0 Å². The highest BCUT2D eigenvalue weighted by molar-refractivity contribution is 6.08. The van der Waals surface area contributed by atoms with Crippen molar-refractivity contribution in [2.45, 2.75) is 95.3 Å². The highest BCUT2D eigenvalue weighted by atomic mass is 19.4. The number of pyridine rings is 6. The number of fused-ring (bicyclic) bond motifs is 6. The molecule has 3 fully saturated rings. The third kappa shape index (κ3) is 16.3. The van der Waals surface area contributed by atoms with Gasteiger partial charge in [0.2, 0.25) is 0 Å². The van der Waals surface area contributed by atoms with Gasteiger partial charge in [-0.15, -0.1) is 0 Å². The van der Waals surface area contributed by atoms with E-state index in [1.807, 2.05) is 76.7 Å². The Morgan fingerprint density at radius 1 is 0.466 bits per heavy atom. The zero-order valence-corrected chi connectivity index (χ0v) is 63.9. The standard InChI is InChI=1S/C28H26F4N6O2.2C28H28F2N6O2/c1-37(15-28(30,31)32)13-22-18(16-7-9-40-14-16)3-5-24(36-22)35-21-4-2-19(20-11-34-27(39)26(20)21)23-12-33-25-10-17(29)6-8-38(23)25;2*1-35(2)14-22-18(17-8-10-38-15-17)4-6-24(34-22)33-21-5-3-19(20-12-32-28(37)26(20)21)23-13-31-25-11-16(27(29)30)7-9-36(23)25/h2-6,8,10,12,16H,7,9,11,13-15H2,1H3,(H,34,39)(H,35,36);2*3-7,9,11,13,17,27H,8,10,12,14-15H2,1-2H3,(H,32,37)(H,33,34)/t16-;2*17-/m010/s1. The number of halogens is 8. The number of anilines is 6. The number of benzene rings is 3. The largest absolute Gasteiger partial charge is 0.401 e. The van der Waals surface area contributed by atoms with E-state index in [9.17, 15) is 49.5 Å². The van der Waals surface area contributed by atoms with Crippen LogP contribution in [0.25, 0.3) is 50.7 Å². The minimum absolute atomic E-state index is 0.00722. The van der Waals surface area contributed by atoms with E-state index in [0.717, 1.165) is 94.2 Å². The monoisotopic (exact) mass is 1590 g/mol. The molecule has 6 aliphatic rings. The van der Waals surface area contributed by atoms with Gasteiger partial charge in [0.05, 0.1) is 113 Å². The summed E-state index contributed by atoms with van der Waals surface area (Å²) in [6.07, 6.45) is 2.99. The molecule has 6 N–H and O–H groups in total. The summed E-state index contributed by atoms with van der Waals surface area (Å²) in [5.74, 6) is 1.46. The molecule has 18 rings (SSSR count). The summed E-state index contributed by atoms with van der Waals surface area (Å²) in [7, 11) is 9.47. The maximum Gasteiger partial charge on any atom is 0.401 e. The zero-order chi connectivity index (χ0) is 80.8. The molecular formula is C84H82F8N18O6. The fourth-order valence-corrected chi connectivity index (χ4v) is 16.1. The minimum Gasteiger partial charge on any atom is -0.381 e. The molecule has 0 bridgehead atoms. The number of ether oxygens (including phenoxy) is 3. The first-order valence-electron chi connectivity index (χ1n) is 38.0. The lowest BCUT2D eigenvalue weighted by Gasteiger charge is -2.22. The molecule has 3 aromatic carbocycles. The van der Waals surface area contributed by atoms with Crippen LogP contribution in [0.15, 0.2) is 146 Å². The van der Waals surface area contributed by atoms with Crippen LogP contribution in [0.3, 0.4) is 0 Å². The van der Waals surface area contributed by atoms with Crippen LogP contribution in [0.4, 0.5) is 69.6 Å². The quantitative estimate of drug-likeness (QED) is 0.0366. The number of aromatic nitrogens is 9. The molecule has 0 aliphatic carbocycles. The second kappa shape index (κ2) is 32.8. The molecule has 3 saturated heterocycles. The average Bonchev–Trinajstić information content (AvgIpc) is 1.60. The Hall–Kier alpha value is -11.8. The summed E-state index contributed by atoms with van der Waals surface area (Å²) < 4.78 is 127. The minimum atomic E-state index is -4.33. The first-order chi connectivity index (χ1) is 55.9. The van der Waals surface area contributed by atoms with Crippen molar-refractivity contribution in [1.29, 1.82) is 0 Å². The van der Waals surface area contributed by atoms with Crippen molar-refractivity contribution in [2.75, 3.05) is 97.4 Å². The van der Waals surface area contributed by atoms with Gasteiger partial charge in [0.1, 0.15) is 40.2 Å². The molecule has 24 nitrogen and oxygen atoms in total. The second-order valence-corrected chi connectivity index (χ2v) is 30.1. The topological polar surface area (TPSA) is 251 Å². The molecule has 600 valence electrons. The van der Waals surface area contributed by atoms with Crippen LogP contribution in [-0.4, -0.2) is 163 Å². The molecule has 32 heteroatoms. The summed E-state index contributed by atoms with van der Waals surface area (Å²) in [5, 5.41) is 18.7. The SMILES string of the molecule is CN(C)Cc1nc(Nc2ccc(-c3cnc4cc(C(F)F)ccn34)c3c2C(=O)NC3)ccc1[C@@H]1CCOC1.CN(C)Cc1nc(Nc2ccc(-c3cnc4cc(C(F)F)ccn34)c3c2C(=O)NC3)ccc1[C@H]1CCOC1.CN(Cc1nc(Nc2ccc(-c3cnc4cc(F)ccn34)c3c2C(=O)NC3)ccc1[C@H]1CCOC1)CC(F)(F)F. The normalized spacial score (nSPS) is 17.0. The number of nitrogens with zero attached hydrogens (tertiary/aromatic N) is 12. The Labute approximate surface area is 660 Å². The Morgan fingerprint density at radius 3 is 1.14 bits per heavy atom. The summed E-state index contributed by atoms with van der Waals surface area (Å²) in [6, 6.07) is 31.2. The van der Waals surface area contributed by atoms with Crippen molar-refractivity contribution in [3.63, 3.8) is 0 Å². The Balaban J connectivity index is 0.000000131. The number of alkyl halides is 7. The molecular weight excluding hydrogens is 1510 g/mol. The van der Waals surface area contributed by atoms with Crippen molar-refractivity contribution >= 4 is 69.2 Å². The third-order valence-corrected chi connectivity index (χ3v) is 21.5. The predicted molar refractivity (Wildman–Crippen MR) is 420 cm³/mol. The number of imidazole rings is 3. The molecule has 0 radical (unpaired) electrons. The summed E-state index contributed by atoms with van der Waals surface area (Å²) in [4.78, 5) is 71.6. The molecule has 6 aliphatic heterocycles. The van der Waals surface area contributed by atoms with Gasteiger partial charge >= 0.3 is 6.18 Å². The number of hydrogen-bond donors (Lipinski definition) is 6. The maximum atomic E-state index is 13.7. The second-order valence-electron chi connectivity index (χ2n) is 30.1. The van der Waals surface area contributed by atoms with Crippen molar-refractivity contribution in [3.05, 3.63) is 230 Å². The molecule has 0 spiro atoms. The number of amides is 3. The van der Waals surface area contributed by atoms with E-state index in [1.165, 1.54) is 59.5 Å². The third-order valence-electron chi connectivity index (χ3n) is 21.5. The highest BCUT2D eigenvalue weighted by Crippen LogP contribution is 2.42. The number of carbonyl (C=O) groups is 3. The molecule has 3 amide bonds. The van der Waals surface area contributed by atoms with Crippen LogP contribution < -0.4 is 31.9 Å². The van der Waals surface area contributed by atoms with E-state index in [1.54, 1.807) is 62.5 Å². The average molecular weight is 1590 g/mol. The van der Waals surface area contributed by atoms with Gasteiger partial charge in [0.25, 0.3) is 30.6 Å². The van der Waals surface area contributed by atoms with E-state index in [2.05, 4.69) is 68.8 Å². The number of carbonyl (C=O) groups excluding carboxylic acids is 3. The van der Waals surface area contributed by atoms with E-state index in [4.69, 9.17) is 29.2 Å². The first-order valence-corrected chi connectivity index (χ1v) is 38.0. The van der Waals surface area contributed by atoms with Gasteiger partial charge in [-0.25, -0.2) is 51.9 Å². The lowest BCUT2D eigenvalue weighted by molar-refractivity contribution is -0.144. The van der Waals surface area contributed by atoms with Crippen molar-refractivity contribution in [2.24, 2.45) is 0 Å². The number of nitrogens with one attached hydrogen (secondary N) is 6. The Morgan fingerprint density at radius 2 is 0.810 bits per heavy atom. The predicted octanol–water partition coefficient (Wildman–Crippen LogP) is 14.8.